The van der Waals surface area contributed by atoms with Crippen LogP contribution in [0.4, 0.5) is 5.69 Å². The van der Waals surface area contributed by atoms with Crippen LogP contribution in [0.3, 0.4) is 0 Å². The topological polar surface area (TPSA) is 96.3 Å². The summed E-state index contributed by atoms with van der Waals surface area (Å²) in [5.41, 5.74) is 4.96. The number of aliphatic carboxylic acids is 1. The van der Waals surface area contributed by atoms with Crippen molar-refractivity contribution in [2.75, 3.05) is 11.9 Å². The molecule has 184 valence electrons. The Morgan fingerprint density at radius 1 is 1.06 bits per heavy atom. The number of carboxylic acid groups (broad SMARTS) is 1. The zero-order chi connectivity index (χ0) is 24.6. The third-order valence-corrected chi connectivity index (χ3v) is 6.72. The van der Waals surface area contributed by atoms with Crippen molar-refractivity contribution in [1.82, 2.24) is 15.1 Å². The van der Waals surface area contributed by atoms with E-state index >= 15 is 0 Å². The van der Waals surface area contributed by atoms with E-state index in [4.69, 9.17) is 10.2 Å². The van der Waals surface area contributed by atoms with Gasteiger partial charge in [0.1, 0.15) is 0 Å². The Labute approximate surface area is 206 Å². The first kappa shape index (κ1) is 24.5. The van der Waals surface area contributed by atoms with E-state index in [0.29, 0.717) is 11.5 Å². The molecule has 1 atom stereocenters. The second kappa shape index (κ2) is 11.7. The minimum atomic E-state index is -0.930. The van der Waals surface area contributed by atoms with Crippen molar-refractivity contribution in [3.8, 4) is 0 Å². The highest BCUT2D eigenvalue weighted by Gasteiger charge is 2.28. The first-order chi connectivity index (χ1) is 17.0. The standard InChI is InChI=1S/C28H34N4O3/c1-20-25(19-32(31-20)18-21-8-4-2-5-9-21)27(22-10-6-3-7-11-22)30-24-14-12-23(13-15-24)28(35)29-17-16-26(33)34/h2,4-5,8-9,12-15,19,22,27,30H,3,6-7,10-11,16-18H2,1H3,(H,29,35)(H,33,34). The second-order valence-electron chi connectivity index (χ2n) is 9.35. The van der Waals surface area contributed by atoms with Crippen LogP contribution in [0.15, 0.2) is 60.8 Å². The lowest BCUT2D eigenvalue weighted by Crippen LogP contribution is -2.26. The average Bonchev–Trinajstić information content (AvgIpc) is 3.23. The summed E-state index contributed by atoms with van der Waals surface area (Å²) < 4.78 is 2.03. The zero-order valence-electron chi connectivity index (χ0n) is 20.2. The number of hydrogen-bond donors (Lipinski definition) is 3. The number of hydrogen-bond acceptors (Lipinski definition) is 4. The zero-order valence-corrected chi connectivity index (χ0v) is 20.2. The van der Waals surface area contributed by atoms with Gasteiger partial charge in [0, 0.05) is 29.6 Å². The molecule has 1 aliphatic rings. The molecule has 0 bridgehead atoms. The lowest BCUT2D eigenvalue weighted by Gasteiger charge is -2.31. The van der Waals surface area contributed by atoms with Crippen LogP contribution in [0.5, 0.6) is 0 Å². The van der Waals surface area contributed by atoms with Gasteiger partial charge in [0.15, 0.2) is 0 Å². The molecule has 4 rings (SSSR count). The largest absolute Gasteiger partial charge is 0.481 e. The smallest absolute Gasteiger partial charge is 0.305 e. The fourth-order valence-electron chi connectivity index (χ4n) is 4.89. The summed E-state index contributed by atoms with van der Waals surface area (Å²) >= 11 is 0. The third-order valence-electron chi connectivity index (χ3n) is 6.72. The van der Waals surface area contributed by atoms with E-state index in [2.05, 4.69) is 48.0 Å². The number of carbonyl (C=O) groups is 2. The normalized spacial score (nSPS) is 14.9. The van der Waals surface area contributed by atoms with Crippen molar-refractivity contribution in [2.45, 2.75) is 58.0 Å². The number of carbonyl (C=O) groups excluding carboxylic acids is 1. The van der Waals surface area contributed by atoms with Crippen LogP contribution in [0.25, 0.3) is 0 Å². The van der Waals surface area contributed by atoms with Crippen molar-refractivity contribution in [3.63, 3.8) is 0 Å². The second-order valence-corrected chi connectivity index (χ2v) is 9.35. The van der Waals surface area contributed by atoms with Crippen molar-refractivity contribution >= 4 is 17.6 Å². The Morgan fingerprint density at radius 2 is 1.77 bits per heavy atom. The lowest BCUT2D eigenvalue weighted by atomic mass is 9.81. The number of nitrogens with zero attached hydrogens (tertiary/aromatic N) is 2. The van der Waals surface area contributed by atoms with Crippen molar-refractivity contribution in [2.24, 2.45) is 5.92 Å². The number of carboxylic acids is 1. The van der Waals surface area contributed by atoms with Gasteiger partial charge in [-0.05, 0) is 55.5 Å². The molecule has 1 unspecified atom stereocenters. The molecule has 35 heavy (non-hydrogen) atoms. The lowest BCUT2D eigenvalue weighted by molar-refractivity contribution is -0.136. The predicted octanol–water partition coefficient (Wildman–Crippen LogP) is 5.18. The molecule has 0 spiro atoms. The van der Waals surface area contributed by atoms with Crippen molar-refractivity contribution in [1.29, 1.82) is 0 Å². The number of aryl methyl sites for hydroxylation is 1. The Morgan fingerprint density at radius 3 is 2.46 bits per heavy atom. The Balaban J connectivity index is 1.50. The van der Waals surface area contributed by atoms with Crippen LogP contribution in [0, 0.1) is 12.8 Å². The monoisotopic (exact) mass is 474 g/mol. The van der Waals surface area contributed by atoms with E-state index in [0.717, 1.165) is 17.9 Å². The Bertz CT molecular complexity index is 1120. The molecule has 1 amide bonds. The van der Waals surface area contributed by atoms with Gasteiger partial charge in [-0.25, -0.2) is 0 Å². The molecule has 3 N–H and O–H groups in total. The molecule has 0 saturated heterocycles. The molecule has 3 aromatic rings. The maximum absolute atomic E-state index is 12.3. The number of benzene rings is 2. The first-order valence-electron chi connectivity index (χ1n) is 12.4. The predicted molar refractivity (Wildman–Crippen MR) is 136 cm³/mol. The molecule has 1 aliphatic carbocycles. The minimum absolute atomic E-state index is 0.0915. The number of aromatic nitrogens is 2. The Hall–Kier alpha value is -3.61. The molecule has 1 saturated carbocycles. The maximum atomic E-state index is 12.3. The van der Waals surface area contributed by atoms with E-state index in [9.17, 15) is 9.59 Å². The summed E-state index contributed by atoms with van der Waals surface area (Å²) in [5.74, 6) is -0.670. The van der Waals surface area contributed by atoms with Crippen molar-refractivity contribution < 1.29 is 14.7 Å². The van der Waals surface area contributed by atoms with Gasteiger partial charge in [0.05, 0.1) is 24.7 Å². The van der Waals surface area contributed by atoms with Gasteiger partial charge in [-0.3, -0.25) is 14.3 Å². The summed E-state index contributed by atoms with van der Waals surface area (Å²) in [6.07, 6.45) is 8.24. The van der Waals surface area contributed by atoms with E-state index in [1.807, 2.05) is 22.9 Å². The fraction of sp³-hybridized carbons (Fsp3) is 0.393. The highest BCUT2D eigenvalue weighted by molar-refractivity contribution is 5.94. The van der Waals surface area contributed by atoms with Crippen LogP contribution in [-0.2, 0) is 11.3 Å². The van der Waals surface area contributed by atoms with Crippen molar-refractivity contribution in [3.05, 3.63) is 83.2 Å². The van der Waals surface area contributed by atoms with E-state index in [1.165, 1.54) is 43.2 Å². The van der Waals surface area contributed by atoms with Crippen LogP contribution < -0.4 is 10.6 Å². The minimum Gasteiger partial charge on any atom is -0.481 e. The summed E-state index contributed by atoms with van der Waals surface area (Å²) in [4.78, 5) is 23.0. The molecule has 2 aromatic carbocycles. The number of anilines is 1. The molecular weight excluding hydrogens is 440 g/mol. The first-order valence-corrected chi connectivity index (χ1v) is 12.4. The molecule has 7 nitrogen and oxygen atoms in total. The van der Waals surface area contributed by atoms with E-state index < -0.39 is 5.97 Å². The summed E-state index contributed by atoms with van der Waals surface area (Å²) in [6, 6.07) is 17.9. The molecule has 0 aliphatic heterocycles. The highest BCUT2D eigenvalue weighted by atomic mass is 16.4. The molecule has 1 heterocycles. The van der Waals surface area contributed by atoms with Gasteiger partial charge in [-0.15, -0.1) is 0 Å². The van der Waals surface area contributed by atoms with Crippen LogP contribution >= 0.6 is 0 Å². The molecular formula is C28H34N4O3. The van der Waals surface area contributed by atoms with Gasteiger partial charge < -0.3 is 15.7 Å². The third kappa shape index (κ3) is 6.72. The summed E-state index contributed by atoms with van der Waals surface area (Å²) in [5, 5.41) is 20.0. The number of amides is 1. The number of nitrogens with one attached hydrogen (secondary N) is 2. The Kier molecular flexibility index (Phi) is 8.19. The molecule has 7 heteroatoms. The van der Waals surface area contributed by atoms with Gasteiger partial charge in [0.25, 0.3) is 5.91 Å². The average molecular weight is 475 g/mol. The van der Waals surface area contributed by atoms with Gasteiger partial charge in [0.2, 0.25) is 0 Å². The van der Waals surface area contributed by atoms with Crippen LogP contribution in [0.1, 0.15) is 71.7 Å². The summed E-state index contributed by atoms with van der Waals surface area (Å²) in [7, 11) is 0. The number of rotatable bonds is 10. The SMILES string of the molecule is Cc1nn(Cc2ccccc2)cc1C(Nc1ccc(C(=O)NCCC(=O)O)cc1)C1CCCCC1. The highest BCUT2D eigenvalue weighted by Crippen LogP contribution is 2.37. The van der Waals surface area contributed by atoms with Gasteiger partial charge in [-0.2, -0.15) is 5.10 Å². The van der Waals surface area contributed by atoms with Crippen LogP contribution in [-0.4, -0.2) is 33.3 Å². The quantitative estimate of drug-likeness (QED) is 0.376. The fourth-order valence-corrected chi connectivity index (χ4v) is 4.89. The summed E-state index contributed by atoms with van der Waals surface area (Å²) in [6.45, 7) is 2.94. The van der Waals surface area contributed by atoms with E-state index in [-0.39, 0.29) is 24.9 Å². The van der Waals surface area contributed by atoms with Crippen LogP contribution in [0.2, 0.25) is 0 Å². The molecule has 1 aromatic heterocycles. The maximum Gasteiger partial charge on any atom is 0.305 e. The molecule has 0 radical (unpaired) electrons. The van der Waals surface area contributed by atoms with E-state index in [1.54, 1.807) is 12.1 Å². The van der Waals surface area contributed by atoms with Gasteiger partial charge >= 0.3 is 5.97 Å². The van der Waals surface area contributed by atoms with Gasteiger partial charge in [-0.1, -0.05) is 49.6 Å². The molecule has 1 fully saturated rings.